The van der Waals surface area contributed by atoms with Crippen molar-refractivity contribution in [3.63, 3.8) is 0 Å². The molecule has 0 radical (unpaired) electrons. The first-order valence-corrected chi connectivity index (χ1v) is 10.6. The van der Waals surface area contributed by atoms with Crippen LogP contribution in [0.15, 0.2) is 0 Å². The van der Waals surface area contributed by atoms with E-state index in [1.807, 2.05) is 11.9 Å². The highest BCUT2D eigenvalue weighted by molar-refractivity contribution is 7.88. The molecule has 24 heavy (non-hydrogen) atoms. The normalized spacial score (nSPS) is 24.9. The van der Waals surface area contributed by atoms with E-state index in [-0.39, 0.29) is 24.4 Å². The molecule has 2 rings (SSSR count). The summed E-state index contributed by atoms with van der Waals surface area (Å²) in [5.41, 5.74) is 0. The third-order valence-corrected chi connectivity index (χ3v) is 6.77. The lowest BCUT2D eigenvalue weighted by molar-refractivity contribution is -0.134. The standard InChI is InChI=1S/C16H31N3O3S.ClH/c1-13(14-5-4-8-17-12-14)11-16(20)18(2)15-6-9-19(10-7-15)23(3,21)22;/h13-15,17H,4-12H2,1-3H3;1H. The highest BCUT2D eigenvalue weighted by atomic mass is 35.5. The molecule has 0 aliphatic carbocycles. The average molecular weight is 382 g/mol. The zero-order valence-electron chi connectivity index (χ0n) is 15.0. The van der Waals surface area contributed by atoms with Crippen molar-refractivity contribution >= 4 is 28.3 Å². The van der Waals surface area contributed by atoms with Gasteiger partial charge in [0, 0.05) is 32.6 Å². The number of carbonyl (C=O) groups is 1. The number of rotatable bonds is 5. The maximum Gasteiger partial charge on any atom is 0.222 e. The number of hydrogen-bond donors (Lipinski definition) is 1. The Bertz CT molecular complexity index is 501. The number of hydrogen-bond acceptors (Lipinski definition) is 4. The van der Waals surface area contributed by atoms with Crippen LogP contribution in [0.25, 0.3) is 0 Å². The molecule has 2 fully saturated rings. The Morgan fingerprint density at radius 2 is 1.92 bits per heavy atom. The molecule has 0 aromatic heterocycles. The summed E-state index contributed by atoms with van der Waals surface area (Å²) >= 11 is 0. The van der Waals surface area contributed by atoms with Crippen molar-refractivity contribution in [3.05, 3.63) is 0 Å². The van der Waals surface area contributed by atoms with Crippen molar-refractivity contribution in [2.24, 2.45) is 11.8 Å². The summed E-state index contributed by atoms with van der Waals surface area (Å²) < 4.78 is 24.6. The van der Waals surface area contributed by atoms with Gasteiger partial charge < -0.3 is 10.2 Å². The van der Waals surface area contributed by atoms with Gasteiger partial charge in [0.2, 0.25) is 15.9 Å². The van der Waals surface area contributed by atoms with Gasteiger partial charge in [-0.15, -0.1) is 12.4 Å². The monoisotopic (exact) mass is 381 g/mol. The van der Waals surface area contributed by atoms with E-state index in [0.29, 0.717) is 31.3 Å². The summed E-state index contributed by atoms with van der Waals surface area (Å²) in [4.78, 5) is 14.4. The number of carbonyl (C=O) groups excluding carboxylic acids is 1. The zero-order chi connectivity index (χ0) is 17.0. The predicted octanol–water partition coefficient (Wildman–Crippen LogP) is 1.32. The maximum absolute atomic E-state index is 12.5. The van der Waals surface area contributed by atoms with Gasteiger partial charge in [-0.2, -0.15) is 0 Å². The van der Waals surface area contributed by atoms with E-state index in [2.05, 4.69) is 12.2 Å². The molecule has 8 heteroatoms. The van der Waals surface area contributed by atoms with E-state index in [1.54, 1.807) is 0 Å². The summed E-state index contributed by atoms with van der Waals surface area (Å²) in [7, 11) is -1.24. The van der Waals surface area contributed by atoms with Crippen LogP contribution in [0.1, 0.15) is 39.0 Å². The fraction of sp³-hybridized carbons (Fsp3) is 0.938. The summed E-state index contributed by atoms with van der Waals surface area (Å²) in [6.07, 6.45) is 5.71. The summed E-state index contributed by atoms with van der Waals surface area (Å²) in [6, 6.07) is 0.164. The van der Waals surface area contributed by atoms with Crippen molar-refractivity contribution in [2.75, 3.05) is 39.5 Å². The molecule has 2 aliphatic rings. The molecule has 2 aliphatic heterocycles. The smallest absolute Gasteiger partial charge is 0.222 e. The first-order valence-electron chi connectivity index (χ1n) is 8.70. The molecule has 2 atom stereocenters. The first-order chi connectivity index (χ1) is 10.8. The first kappa shape index (κ1) is 21.7. The Morgan fingerprint density at radius 3 is 2.42 bits per heavy atom. The molecule has 142 valence electrons. The van der Waals surface area contributed by atoms with Crippen LogP contribution in [0.5, 0.6) is 0 Å². The van der Waals surface area contributed by atoms with E-state index in [1.165, 1.54) is 23.4 Å². The van der Waals surface area contributed by atoms with Crippen LogP contribution in [0.2, 0.25) is 0 Å². The molecule has 1 N–H and O–H groups in total. The molecular formula is C16H32ClN3O3S. The average Bonchev–Trinajstić information content (AvgIpc) is 2.54. The van der Waals surface area contributed by atoms with Gasteiger partial charge in [-0.1, -0.05) is 6.92 Å². The van der Waals surface area contributed by atoms with Crippen LogP contribution >= 0.6 is 12.4 Å². The van der Waals surface area contributed by atoms with Crippen LogP contribution in [0, 0.1) is 11.8 Å². The molecule has 2 heterocycles. The number of nitrogens with one attached hydrogen (secondary N) is 1. The van der Waals surface area contributed by atoms with Crippen molar-refractivity contribution in [1.82, 2.24) is 14.5 Å². The van der Waals surface area contributed by atoms with Crippen molar-refractivity contribution in [1.29, 1.82) is 0 Å². The van der Waals surface area contributed by atoms with Gasteiger partial charge in [0.1, 0.15) is 0 Å². The quantitative estimate of drug-likeness (QED) is 0.779. The maximum atomic E-state index is 12.5. The minimum Gasteiger partial charge on any atom is -0.343 e. The highest BCUT2D eigenvalue weighted by Crippen LogP contribution is 2.24. The lowest BCUT2D eigenvalue weighted by Gasteiger charge is -2.36. The van der Waals surface area contributed by atoms with Crippen LogP contribution in [-0.4, -0.2) is 69.1 Å². The number of sulfonamides is 1. The van der Waals surface area contributed by atoms with Gasteiger partial charge in [-0.3, -0.25) is 4.79 Å². The van der Waals surface area contributed by atoms with E-state index in [4.69, 9.17) is 0 Å². The SMILES string of the molecule is CC(CC(=O)N(C)C1CCN(S(C)(=O)=O)CC1)C1CCCNC1.Cl. The molecule has 6 nitrogen and oxygen atoms in total. The Hall–Kier alpha value is -0.370. The topological polar surface area (TPSA) is 69.7 Å². The van der Waals surface area contributed by atoms with Gasteiger partial charge in [0.15, 0.2) is 0 Å². The van der Waals surface area contributed by atoms with Gasteiger partial charge in [-0.25, -0.2) is 12.7 Å². The van der Waals surface area contributed by atoms with Gasteiger partial charge in [-0.05, 0) is 50.6 Å². The lowest BCUT2D eigenvalue weighted by atomic mass is 9.85. The van der Waals surface area contributed by atoms with Crippen LogP contribution in [0.3, 0.4) is 0 Å². The van der Waals surface area contributed by atoms with Crippen molar-refractivity contribution in [3.8, 4) is 0 Å². The molecule has 0 spiro atoms. The minimum atomic E-state index is -3.11. The molecular weight excluding hydrogens is 350 g/mol. The third kappa shape index (κ3) is 5.86. The van der Waals surface area contributed by atoms with E-state index in [0.717, 1.165) is 25.9 Å². The van der Waals surface area contributed by atoms with Gasteiger partial charge >= 0.3 is 0 Å². The van der Waals surface area contributed by atoms with Crippen molar-refractivity contribution in [2.45, 2.75) is 45.1 Å². The molecule has 2 saturated heterocycles. The minimum absolute atomic E-state index is 0. The highest BCUT2D eigenvalue weighted by Gasteiger charge is 2.30. The predicted molar refractivity (Wildman–Crippen MR) is 98.8 cm³/mol. The number of amides is 1. The second-order valence-corrected chi connectivity index (χ2v) is 9.17. The Balaban J connectivity index is 0.00000288. The van der Waals surface area contributed by atoms with Gasteiger partial charge in [0.05, 0.1) is 6.26 Å². The third-order valence-electron chi connectivity index (χ3n) is 5.47. The number of halogens is 1. The lowest BCUT2D eigenvalue weighted by Crippen LogP contribution is -2.47. The van der Waals surface area contributed by atoms with E-state index >= 15 is 0 Å². The molecule has 0 bridgehead atoms. The zero-order valence-corrected chi connectivity index (χ0v) is 16.7. The summed E-state index contributed by atoms with van der Waals surface area (Å²) in [6.45, 7) is 5.32. The largest absolute Gasteiger partial charge is 0.343 e. The molecule has 0 aromatic carbocycles. The summed E-state index contributed by atoms with van der Waals surface area (Å²) in [5, 5.41) is 3.41. The molecule has 0 saturated carbocycles. The van der Waals surface area contributed by atoms with Crippen LogP contribution < -0.4 is 5.32 Å². The Kier molecular flexibility index (Phi) is 8.45. The second kappa shape index (κ2) is 9.36. The second-order valence-electron chi connectivity index (χ2n) is 7.19. The fourth-order valence-electron chi connectivity index (χ4n) is 3.72. The van der Waals surface area contributed by atoms with Gasteiger partial charge in [0.25, 0.3) is 0 Å². The Morgan fingerprint density at radius 1 is 1.29 bits per heavy atom. The molecule has 2 unspecified atom stereocenters. The van der Waals surface area contributed by atoms with E-state index < -0.39 is 10.0 Å². The van der Waals surface area contributed by atoms with Crippen LogP contribution in [-0.2, 0) is 14.8 Å². The number of nitrogens with zero attached hydrogens (tertiary/aromatic N) is 2. The molecule has 0 aromatic rings. The fourth-order valence-corrected chi connectivity index (χ4v) is 4.59. The Labute approximate surface area is 152 Å². The number of piperidine rings is 2. The van der Waals surface area contributed by atoms with Crippen molar-refractivity contribution < 1.29 is 13.2 Å². The summed E-state index contributed by atoms with van der Waals surface area (Å²) in [5.74, 6) is 1.18. The molecule has 1 amide bonds. The van der Waals surface area contributed by atoms with Crippen LogP contribution in [0.4, 0.5) is 0 Å². The van der Waals surface area contributed by atoms with E-state index in [9.17, 15) is 13.2 Å².